The molecule has 0 aliphatic carbocycles. The fourth-order valence-electron chi connectivity index (χ4n) is 4.57. The molecule has 40 heavy (non-hydrogen) atoms. The third kappa shape index (κ3) is 5.87. The smallest absolute Gasteiger partial charge is 0.416 e. The Morgan fingerprint density at radius 1 is 0.850 bits per heavy atom. The number of nitrogens with zero attached hydrogens (tertiary/aromatic N) is 1. The fourth-order valence-corrected chi connectivity index (χ4v) is 4.78. The van der Waals surface area contributed by atoms with Crippen LogP contribution in [0, 0.1) is 0 Å². The van der Waals surface area contributed by atoms with E-state index in [1.807, 2.05) is 35.0 Å². The fraction of sp³-hybridized carbons (Fsp3) is 0.0968. The Balaban J connectivity index is 1.55. The summed E-state index contributed by atoms with van der Waals surface area (Å²) < 4.78 is 42.1. The van der Waals surface area contributed by atoms with Gasteiger partial charge in [0.15, 0.2) is 0 Å². The Kier molecular flexibility index (Phi) is 7.36. The summed E-state index contributed by atoms with van der Waals surface area (Å²) in [5.41, 5.74) is 2.67. The number of benzene rings is 4. The lowest BCUT2D eigenvalue weighted by atomic mass is 9.98. The molecule has 0 radical (unpaired) electrons. The van der Waals surface area contributed by atoms with Crippen LogP contribution < -0.4 is 5.32 Å². The van der Waals surface area contributed by atoms with E-state index >= 15 is 0 Å². The van der Waals surface area contributed by atoms with E-state index < -0.39 is 23.6 Å². The van der Waals surface area contributed by atoms with Crippen LogP contribution >= 0.6 is 11.6 Å². The molecule has 0 saturated carbocycles. The van der Waals surface area contributed by atoms with E-state index in [4.69, 9.17) is 16.7 Å². The van der Waals surface area contributed by atoms with Gasteiger partial charge in [0.25, 0.3) is 5.91 Å². The topological polar surface area (TPSA) is 71.3 Å². The summed E-state index contributed by atoms with van der Waals surface area (Å²) in [5.74, 6) is -1.47. The minimum atomic E-state index is -4.50. The third-order valence-corrected chi connectivity index (χ3v) is 6.76. The van der Waals surface area contributed by atoms with Gasteiger partial charge >= 0.3 is 12.1 Å². The monoisotopic (exact) mass is 562 g/mol. The number of aromatic nitrogens is 1. The summed E-state index contributed by atoms with van der Waals surface area (Å²) in [6.45, 7) is 0.549. The van der Waals surface area contributed by atoms with Crippen molar-refractivity contribution >= 4 is 34.4 Å². The summed E-state index contributed by atoms with van der Waals surface area (Å²) in [6.07, 6.45) is -2.68. The minimum absolute atomic E-state index is 0.128. The van der Waals surface area contributed by atoms with Gasteiger partial charge < -0.3 is 15.0 Å². The van der Waals surface area contributed by atoms with E-state index in [0.29, 0.717) is 44.7 Å². The summed E-state index contributed by atoms with van der Waals surface area (Å²) in [5, 5.41) is 13.2. The number of aromatic carboxylic acids is 1. The maximum atomic E-state index is 13.6. The summed E-state index contributed by atoms with van der Waals surface area (Å²) in [6, 6.07) is 23.6. The maximum Gasteiger partial charge on any atom is 0.416 e. The number of halogens is 4. The lowest BCUT2D eigenvalue weighted by Crippen LogP contribution is -2.23. The predicted molar refractivity (Wildman–Crippen MR) is 148 cm³/mol. The molecule has 0 saturated heterocycles. The van der Waals surface area contributed by atoms with Crippen molar-refractivity contribution in [2.45, 2.75) is 19.3 Å². The van der Waals surface area contributed by atoms with Gasteiger partial charge in [0.2, 0.25) is 0 Å². The van der Waals surface area contributed by atoms with E-state index in [1.165, 1.54) is 18.2 Å². The maximum absolute atomic E-state index is 13.6. The first kappa shape index (κ1) is 27.0. The molecule has 0 unspecified atom stereocenters. The van der Waals surface area contributed by atoms with Crippen molar-refractivity contribution in [3.8, 4) is 11.1 Å². The first-order chi connectivity index (χ1) is 19.1. The Labute approximate surface area is 232 Å². The van der Waals surface area contributed by atoms with Crippen molar-refractivity contribution in [2.24, 2.45) is 0 Å². The van der Waals surface area contributed by atoms with Gasteiger partial charge in [0.05, 0.1) is 22.2 Å². The van der Waals surface area contributed by atoms with E-state index in [2.05, 4.69) is 5.32 Å². The second kappa shape index (κ2) is 10.9. The molecule has 0 aliphatic heterocycles. The second-order valence-electron chi connectivity index (χ2n) is 9.30. The number of hydrogen-bond acceptors (Lipinski definition) is 2. The van der Waals surface area contributed by atoms with Crippen molar-refractivity contribution < 1.29 is 27.9 Å². The number of carboxylic acid groups (broad SMARTS) is 1. The average Bonchev–Trinajstić information content (AvgIpc) is 3.33. The van der Waals surface area contributed by atoms with Gasteiger partial charge in [-0.3, -0.25) is 4.79 Å². The van der Waals surface area contributed by atoms with Gasteiger partial charge in [-0.1, -0.05) is 48.0 Å². The van der Waals surface area contributed by atoms with Crippen LogP contribution in [0.5, 0.6) is 0 Å². The van der Waals surface area contributed by atoms with Crippen molar-refractivity contribution in [2.75, 3.05) is 0 Å². The molecule has 9 heteroatoms. The number of amides is 1. The Bertz CT molecular complexity index is 1730. The van der Waals surface area contributed by atoms with Crippen molar-refractivity contribution in [1.82, 2.24) is 9.88 Å². The molecule has 202 valence electrons. The van der Waals surface area contributed by atoms with Crippen LogP contribution in [0.3, 0.4) is 0 Å². The number of hydrogen-bond donors (Lipinski definition) is 2. The average molecular weight is 563 g/mol. The highest BCUT2D eigenvalue weighted by Gasteiger charge is 2.30. The molecule has 0 spiro atoms. The molecule has 1 aromatic heterocycles. The van der Waals surface area contributed by atoms with Crippen molar-refractivity contribution in [3.63, 3.8) is 0 Å². The third-order valence-electron chi connectivity index (χ3n) is 6.52. The second-order valence-corrected chi connectivity index (χ2v) is 9.73. The van der Waals surface area contributed by atoms with Gasteiger partial charge in [-0.15, -0.1) is 0 Å². The molecule has 5 nitrogen and oxygen atoms in total. The molecule has 0 fully saturated rings. The highest BCUT2D eigenvalue weighted by atomic mass is 35.5. The number of rotatable bonds is 7. The van der Waals surface area contributed by atoms with Crippen LogP contribution in [0.15, 0.2) is 97.2 Å². The molecule has 0 bridgehead atoms. The normalized spacial score (nSPS) is 11.5. The number of alkyl halides is 3. The molecule has 1 heterocycles. The molecule has 0 aliphatic rings. The number of carbonyl (C=O) groups excluding carboxylic acids is 1. The van der Waals surface area contributed by atoms with E-state index in [-0.39, 0.29) is 12.1 Å². The molecule has 0 atom stereocenters. The SMILES string of the molecule is O=C(O)c1ccc(CNC(=O)c2cc(-c3cccc(C(F)(F)F)c3)cc3ccn(Cc4cccc(Cl)c4)c23)cc1. The van der Waals surface area contributed by atoms with Crippen molar-refractivity contribution in [1.29, 1.82) is 0 Å². The quantitative estimate of drug-likeness (QED) is 0.214. The largest absolute Gasteiger partial charge is 0.478 e. The summed E-state index contributed by atoms with van der Waals surface area (Å²) in [7, 11) is 0. The van der Waals surface area contributed by atoms with Crippen LogP contribution in [0.25, 0.3) is 22.0 Å². The van der Waals surface area contributed by atoms with Crippen LogP contribution in [-0.4, -0.2) is 21.6 Å². The van der Waals surface area contributed by atoms with Crippen LogP contribution in [0.2, 0.25) is 5.02 Å². The highest BCUT2D eigenvalue weighted by Crippen LogP contribution is 2.34. The summed E-state index contributed by atoms with van der Waals surface area (Å²) >= 11 is 6.16. The standard InChI is InChI=1S/C31H22ClF3N2O3/c32-26-6-1-3-20(13-26)18-37-12-11-23-14-24(22-4-2-5-25(15-22)31(33,34)35)16-27(28(23)37)29(38)36-17-19-7-9-21(10-8-19)30(39)40/h1-16H,17-18H2,(H,36,38)(H,39,40). The molecular formula is C31H22ClF3N2O3. The van der Waals surface area contributed by atoms with Gasteiger partial charge in [-0.05, 0) is 76.9 Å². The van der Waals surface area contributed by atoms with E-state index in [0.717, 1.165) is 17.7 Å². The van der Waals surface area contributed by atoms with Crippen LogP contribution in [-0.2, 0) is 19.3 Å². The highest BCUT2D eigenvalue weighted by molar-refractivity contribution is 6.30. The Morgan fingerprint density at radius 2 is 1.60 bits per heavy atom. The number of carboxylic acids is 1. The zero-order valence-corrected chi connectivity index (χ0v) is 21.6. The first-order valence-corrected chi connectivity index (χ1v) is 12.6. The summed E-state index contributed by atoms with van der Waals surface area (Å²) in [4.78, 5) is 24.7. The van der Waals surface area contributed by atoms with E-state index in [9.17, 15) is 22.8 Å². The molecule has 2 N–H and O–H groups in total. The molecular weight excluding hydrogens is 541 g/mol. The van der Waals surface area contributed by atoms with Crippen LogP contribution in [0.1, 0.15) is 37.4 Å². The zero-order chi connectivity index (χ0) is 28.4. The number of carbonyl (C=O) groups is 2. The first-order valence-electron chi connectivity index (χ1n) is 12.2. The van der Waals surface area contributed by atoms with Gasteiger partial charge in [-0.2, -0.15) is 13.2 Å². The zero-order valence-electron chi connectivity index (χ0n) is 20.9. The van der Waals surface area contributed by atoms with Crippen LogP contribution in [0.4, 0.5) is 13.2 Å². The minimum Gasteiger partial charge on any atom is -0.478 e. The van der Waals surface area contributed by atoms with E-state index in [1.54, 1.807) is 36.4 Å². The Morgan fingerprint density at radius 3 is 2.30 bits per heavy atom. The van der Waals surface area contributed by atoms with Gasteiger partial charge in [0.1, 0.15) is 0 Å². The molecule has 4 aromatic carbocycles. The van der Waals surface area contributed by atoms with Gasteiger partial charge in [0, 0.05) is 29.7 Å². The lowest BCUT2D eigenvalue weighted by Gasteiger charge is -2.14. The molecule has 1 amide bonds. The number of nitrogens with one attached hydrogen (secondary N) is 1. The predicted octanol–water partition coefficient (Wildman–Crippen LogP) is 7.66. The van der Waals surface area contributed by atoms with Crippen molar-refractivity contribution in [3.05, 3.63) is 130 Å². The number of fused-ring (bicyclic) bond motifs is 1. The molecule has 5 rings (SSSR count). The van der Waals surface area contributed by atoms with Gasteiger partial charge in [-0.25, -0.2) is 4.79 Å². The Hall–Kier alpha value is -4.56. The molecule has 5 aromatic rings. The lowest BCUT2D eigenvalue weighted by molar-refractivity contribution is -0.137.